The Balaban J connectivity index is 3.18. The van der Waals surface area contributed by atoms with E-state index in [2.05, 4.69) is 15.9 Å². The minimum atomic E-state index is -0.901. The summed E-state index contributed by atoms with van der Waals surface area (Å²) in [6.45, 7) is 1.72. The Labute approximate surface area is 89.9 Å². The van der Waals surface area contributed by atoms with E-state index in [9.17, 15) is 9.18 Å². The van der Waals surface area contributed by atoms with E-state index in [1.807, 2.05) is 0 Å². The molecule has 1 aromatic rings. The number of hydrogen-bond acceptors (Lipinski definition) is 1. The largest absolute Gasteiger partial charge is 0.481 e. The second kappa shape index (κ2) is 4.55. The Bertz CT molecular complexity index is 363. The van der Waals surface area contributed by atoms with Crippen LogP contribution in [-0.4, -0.2) is 11.1 Å². The highest BCUT2D eigenvalue weighted by atomic mass is 79.9. The second-order valence-electron chi connectivity index (χ2n) is 3.06. The molecule has 1 aromatic carbocycles. The standard InChI is InChI=1S/C10H10BrFO2/c1-6-2-8(12)3-7(5-11)9(6)4-10(13)14/h2-3H,4-5H2,1H3,(H,13,14). The first-order valence-electron chi connectivity index (χ1n) is 4.10. The summed E-state index contributed by atoms with van der Waals surface area (Å²) in [5, 5.41) is 9.14. The van der Waals surface area contributed by atoms with Gasteiger partial charge < -0.3 is 5.11 Å². The van der Waals surface area contributed by atoms with E-state index in [0.717, 1.165) is 0 Å². The summed E-state index contributed by atoms with van der Waals surface area (Å²) < 4.78 is 13.0. The molecule has 0 saturated heterocycles. The Hall–Kier alpha value is -0.900. The second-order valence-corrected chi connectivity index (χ2v) is 3.63. The summed E-state index contributed by atoms with van der Waals surface area (Å²) in [4.78, 5) is 10.6. The number of halogens is 2. The summed E-state index contributed by atoms with van der Waals surface area (Å²) in [7, 11) is 0. The van der Waals surface area contributed by atoms with Gasteiger partial charge in [-0.25, -0.2) is 4.39 Å². The average Bonchev–Trinajstić information content (AvgIpc) is 2.08. The number of benzene rings is 1. The monoisotopic (exact) mass is 260 g/mol. The Kier molecular flexibility index (Phi) is 3.63. The number of rotatable bonds is 3. The molecule has 2 nitrogen and oxygen atoms in total. The molecule has 0 heterocycles. The van der Waals surface area contributed by atoms with Gasteiger partial charge >= 0.3 is 5.97 Å². The Morgan fingerprint density at radius 3 is 2.71 bits per heavy atom. The molecular weight excluding hydrogens is 251 g/mol. The molecule has 0 aromatic heterocycles. The van der Waals surface area contributed by atoms with Crippen LogP contribution in [0.4, 0.5) is 4.39 Å². The van der Waals surface area contributed by atoms with Gasteiger partial charge in [-0.15, -0.1) is 0 Å². The Morgan fingerprint density at radius 1 is 1.57 bits per heavy atom. The van der Waals surface area contributed by atoms with Crippen molar-refractivity contribution in [3.05, 3.63) is 34.6 Å². The maximum Gasteiger partial charge on any atom is 0.307 e. The van der Waals surface area contributed by atoms with E-state index < -0.39 is 5.97 Å². The molecule has 0 aliphatic heterocycles. The van der Waals surface area contributed by atoms with E-state index >= 15 is 0 Å². The van der Waals surface area contributed by atoms with Crippen molar-refractivity contribution in [3.8, 4) is 0 Å². The first-order chi connectivity index (χ1) is 6.54. The SMILES string of the molecule is Cc1cc(F)cc(CBr)c1CC(=O)O. The quantitative estimate of drug-likeness (QED) is 0.849. The lowest BCUT2D eigenvalue weighted by molar-refractivity contribution is -0.136. The van der Waals surface area contributed by atoms with Gasteiger partial charge in [0.05, 0.1) is 6.42 Å². The van der Waals surface area contributed by atoms with Crippen molar-refractivity contribution in [2.75, 3.05) is 0 Å². The van der Waals surface area contributed by atoms with Crippen LogP contribution in [0.3, 0.4) is 0 Å². The summed E-state index contributed by atoms with van der Waals surface area (Å²) in [5.41, 5.74) is 2.07. The van der Waals surface area contributed by atoms with E-state index in [1.54, 1.807) is 6.92 Å². The summed E-state index contributed by atoms with van der Waals surface area (Å²) >= 11 is 3.21. The Morgan fingerprint density at radius 2 is 2.21 bits per heavy atom. The highest BCUT2D eigenvalue weighted by Gasteiger charge is 2.10. The highest BCUT2D eigenvalue weighted by molar-refractivity contribution is 9.08. The summed E-state index contributed by atoms with van der Waals surface area (Å²) in [6.07, 6.45) is -0.0625. The average molecular weight is 261 g/mol. The molecule has 0 unspecified atom stereocenters. The summed E-state index contributed by atoms with van der Waals surface area (Å²) in [5.74, 6) is -1.23. The molecule has 14 heavy (non-hydrogen) atoms. The zero-order valence-corrected chi connectivity index (χ0v) is 9.27. The zero-order valence-electron chi connectivity index (χ0n) is 7.68. The van der Waals surface area contributed by atoms with Crippen molar-refractivity contribution in [2.24, 2.45) is 0 Å². The molecule has 1 N–H and O–H groups in total. The van der Waals surface area contributed by atoms with Crippen LogP contribution in [-0.2, 0) is 16.5 Å². The van der Waals surface area contributed by atoms with Crippen LogP contribution in [0.25, 0.3) is 0 Å². The smallest absolute Gasteiger partial charge is 0.307 e. The van der Waals surface area contributed by atoms with Crippen LogP contribution in [0.1, 0.15) is 16.7 Å². The molecule has 0 aliphatic rings. The van der Waals surface area contributed by atoms with E-state index in [1.165, 1.54) is 12.1 Å². The van der Waals surface area contributed by atoms with Crippen molar-refractivity contribution in [1.82, 2.24) is 0 Å². The predicted octanol–water partition coefficient (Wildman–Crippen LogP) is 2.66. The molecule has 0 saturated carbocycles. The molecule has 4 heteroatoms. The van der Waals surface area contributed by atoms with Crippen LogP contribution in [0.15, 0.2) is 12.1 Å². The number of aryl methyl sites for hydroxylation is 1. The first-order valence-corrected chi connectivity index (χ1v) is 5.22. The van der Waals surface area contributed by atoms with Gasteiger partial charge in [0.15, 0.2) is 0 Å². The molecule has 76 valence electrons. The molecule has 1 rings (SSSR count). The molecule has 0 fully saturated rings. The lowest BCUT2D eigenvalue weighted by Gasteiger charge is -2.08. The van der Waals surface area contributed by atoms with Gasteiger partial charge in [0.1, 0.15) is 5.82 Å². The minimum Gasteiger partial charge on any atom is -0.481 e. The number of alkyl halides is 1. The van der Waals surface area contributed by atoms with E-state index in [4.69, 9.17) is 5.11 Å². The fraction of sp³-hybridized carbons (Fsp3) is 0.300. The van der Waals surface area contributed by atoms with Crippen LogP contribution in [0.5, 0.6) is 0 Å². The van der Waals surface area contributed by atoms with Gasteiger partial charge in [-0.1, -0.05) is 15.9 Å². The van der Waals surface area contributed by atoms with E-state index in [-0.39, 0.29) is 12.2 Å². The topological polar surface area (TPSA) is 37.3 Å². The van der Waals surface area contributed by atoms with E-state index in [0.29, 0.717) is 22.0 Å². The lowest BCUT2D eigenvalue weighted by atomic mass is 10.00. The third-order valence-electron chi connectivity index (χ3n) is 2.00. The van der Waals surface area contributed by atoms with Crippen LogP contribution in [0.2, 0.25) is 0 Å². The molecule has 0 radical (unpaired) electrons. The molecule has 0 spiro atoms. The summed E-state index contributed by atoms with van der Waals surface area (Å²) in [6, 6.07) is 2.71. The highest BCUT2D eigenvalue weighted by Crippen LogP contribution is 2.19. The van der Waals surface area contributed by atoms with Crippen LogP contribution in [0, 0.1) is 12.7 Å². The number of hydrogen-bond donors (Lipinski definition) is 1. The van der Waals surface area contributed by atoms with Crippen LogP contribution < -0.4 is 0 Å². The van der Waals surface area contributed by atoms with Crippen molar-refractivity contribution >= 4 is 21.9 Å². The molecule has 0 aliphatic carbocycles. The van der Waals surface area contributed by atoms with Crippen molar-refractivity contribution in [1.29, 1.82) is 0 Å². The number of aliphatic carboxylic acids is 1. The molecular formula is C10H10BrFO2. The van der Waals surface area contributed by atoms with Crippen molar-refractivity contribution in [3.63, 3.8) is 0 Å². The number of carboxylic acids is 1. The van der Waals surface area contributed by atoms with Gasteiger partial charge in [0.25, 0.3) is 0 Å². The third kappa shape index (κ3) is 2.54. The van der Waals surface area contributed by atoms with Gasteiger partial charge in [-0.05, 0) is 35.7 Å². The number of carbonyl (C=O) groups is 1. The van der Waals surface area contributed by atoms with Gasteiger partial charge in [0, 0.05) is 5.33 Å². The molecule has 0 atom stereocenters. The molecule has 0 bridgehead atoms. The predicted molar refractivity (Wildman–Crippen MR) is 55.1 cm³/mol. The van der Waals surface area contributed by atoms with Crippen LogP contribution >= 0.6 is 15.9 Å². The van der Waals surface area contributed by atoms with Gasteiger partial charge in [-0.2, -0.15) is 0 Å². The maximum absolute atomic E-state index is 13.0. The van der Waals surface area contributed by atoms with Gasteiger partial charge in [0.2, 0.25) is 0 Å². The van der Waals surface area contributed by atoms with Gasteiger partial charge in [-0.3, -0.25) is 4.79 Å². The fourth-order valence-corrected chi connectivity index (χ4v) is 1.87. The normalized spacial score (nSPS) is 10.2. The fourth-order valence-electron chi connectivity index (χ4n) is 1.37. The zero-order chi connectivity index (χ0) is 10.7. The van der Waals surface area contributed by atoms with Crippen molar-refractivity contribution in [2.45, 2.75) is 18.7 Å². The minimum absolute atomic E-state index is 0.0625. The lowest BCUT2D eigenvalue weighted by Crippen LogP contribution is -2.05. The maximum atomic E-state index is 13.0. The first kappa shape index (κ1) is 11.2. The third-order valence-corrected chi connectivity index (χ3v) is 2.61. The molecule has 0 amide bonds. The number of carboxylic acid groups (broad SMARTS) is 1. The van der Waals surface area contributed by atoms with Crippen molar-refractivity contribution < 1.29 is 14.3 Å².